The molecule has 3 nitrogen and oxygen atoms in total. The van der Waals surface area contributed by atoms with Crippen LogP contribution in [-0.2, 0) is 10.0 Å². The number of hydrogen-bond donors (Lipinski definition) is 0. The maximum absolute atomic E-state index is 12.1. The van der Waals surface area contributed by atoms with E-state index in [1.54, 1.807) is 4.31 Å². The Labute approximate surface area is 108 Å². The Morgan fingerprint density at radius 3 is 1.94 bits per heavy atom. The number of rotatable bonds is 11. The van der Waals surface area contributed by atoms with Gasteiger partial charge in [-0.3, -0.25) is 0 Å². The van der Waals surface area contributed by atoms with Gasteiger partial charge in [0.05, 0.1) is 5.75 Å². The first-order valence-corrected chi connectivity index (χ1v) is 8.67. The standard InChI is InChI=1S/C13H29NO2S/c1-4-7-9-10-13-17(15,16)14(11-6-3)12-8-5-2/h4-13H2,1-3H3. The molecule has 0 fully saturated rings. The minimum absolute atomic E-state index is 0.330. The molecule has 0 rings (SSSR count). The fourth-order valence-electron chi connectivity index (χ4n) is 1.81. The summed E-state index contributed by atoms with van der Waals surface area (Å²) in [6, 6.07) is 0. The van der Waals surface area contributed by atoms with Gasteiger partial charge in [-0.2, -0.15) is 0 Å². The van der Waals surface area contributed by atoms with E-state index in [9.17, 15) is 8.42 Å². The van der Waals surface area contributed by atoms with Gasteiger partial charge in [0.25, 0.3) is 0 Å². The summed E-state index contributed by atoms with van der Waals surface area (Å²) in [5, 5.41) is 0. The second kappa shape index (κ2) is 9.89. The van der Waals surface area contributed by atoms with E-state index in [1.165, 1.54) is 0 Å². The van der Waals surface area contributed by atoms with Crippen LogP contribution in [-0.4, -0.2) is 31.6 Å². The summed E-state index contributed by atoms with van der Waals surface area (Å²) in [6.07, 6.45) is 7.04. The van der Waals surface area contributed by atoms with Crippen LogP contribution >= 0.6 is 0 Å². The van der Waals surface area contributed by atoms with Crippen LogP contribution in [0.4, 0.5) is 0 Å². The molecule has 0 aromatic rings. The number of nitrogens with zero attached hydrogens (tertiary/aromatic N) is 1. The molecule has 0 aromatic heterocycles. The minimum Gasteiger partial charge on any atom is -0.212 e. The molecule has 0 heterocycles. The first-order chi connectivity index (χ1) is 8.08. The van der Waals surface area contributed by atoms with Crippen molar-refractivity contribution in [1.82, 2.24) is 4.31 Å². The Morgan fingerprint density at radius 2 is 1.41 bits per heavy atom. The predicted molar refractivity (Wildman–Crippen MR) is 74.7 cm³/mol. The van der Waals surface area contributed by atoms with Crippen LogP contribution in [0.1, 0.15) is 65.7 Å². The summed E-state index contributed by atoms with van der Waals surface area (Å²) in [5.74, 6) is 0.330. The average molecular weight is 263 g/mol. The quantitative estimate of drug-likeness (QED) is 0.536. The third-order valence-electron chi connectivity index (χ3n) is 2.88. The molecular formula is C13H29NO2S. The first-order valence-electron chi connectivity index (χ1n) is 7.06. The third-order valence-corrected chi connectivity index (χ3v) is 4.84. The normalized spacial score (nSPS) is 12.2. The van der Waals surface area contributed by atoms with Gasteiger partial charge in [-0.1, -0.05) is 46.5 Å². The summed E-state index contributed by atoms with van der Waals surface area (Å²) in [5.41, 5.74) is 0. The van der Waals surface area contributed by atoms with Gasteiger partial charge in [-0.25, -0.2) is 12.7 Å². The van der Waals surface area contributed by atoms with Crippen LogP contribution in [0.2, 0.25) is 0 Å². The largest absolute Gasteiger partial charge is 0.214 e. The molecule has 104 valence electrons. The molecule has 0 amide bonds. The van der Waals surface area contributed by atoms with Gasteiger partial charge in [0.2, 0.25) is 10.0 Å². The monoisotopic (exact) mass is 263 g/mol. The van der Waals surface area contributed by atoms with E-state index < -0.39 is 10.0 Å². The molecule has 0 unspecified atom stereocenters. The van der Waals surface area contributed by atoms with Crippen molar-refractivity contribution < 1.29 is 8.42 Å². The fraction of sp³-hybridized carbons (Fsp3) is 1.00. The van der Waals surface area contributed by atoms with Crippen LogP contribution in [0.3, 0.4) is 0 Å². The van der Waals surface area contributed by atoms with Gasteiger partial charge in [-0.05, 0) is 19.3 Å². The lowest BCUT2D eigenvalue weighted by atomic mass is 10.2. The van der Waals surface area contributed by atoms with E-state index in [0.717, 1.165) is 44.9 Å². The fourth-order valence-corrected chi connectivity index (χ4v) is 3.51. The van der Waals surface area contributed by atoms with Crippen molar-refractivity contribution >= 4 is 10.0 Å². The molecule has 0 saturated carbocycles. The zero-order valence-electron chi connectivity index (χ0n) is 11.7. The Bertz CT molecular complexity index is 263. The van der Waals surface area contributed by atoms with Crippen LogP contribution in [0.15, 0.2) is 0 Å². The summed E-state index contributed by atoms with van der Waals surface area (Å²) >= 11 is 0. The van der Waals surface area contributed by atoms with Crippen molar-refractivity contribution in [2.24, 2.45) is 0 Å². The third kappa shape index (κ3) is 7.77. The van der Waals surface area contributed by atoms with E-state index >= 15 is 0 Å². The van der Waals surface area contributed by atoms with E-state index in [4.69, 9.17) is 0 Å². The molecule has 4 heteroatoms. The predicted octanol–water partition coefficient (Wildman–Crippen LogP) is 3.41. The molecule has 17 heavy (non-hydrogen) atoms. The lowest BCUT2D eigenvalue weighted by Gasteiger charge is -2.21. The van der Waals surface area contributed by atoms with Crippen LogP contribution in [0.5, 0.6) is 0 Å². The Balaban J connectivity index is 4.18. The molecule has 0 aliphatic rings. The summed E-state index contributed by atoms with van der Waals surface area (Å²) in [7, 11) is -3.00. The van der Waals surface area contributed by atoms with Crippen molar-refractivity contribution in [1.29, 1.82) is 0 Å². The van der Waals surface area contributed by atoms with Crippen molar-refractivity contribution in [3.63, 3.8) is 0 Å². The van der Waals surface area contributed by atoms with Gasteiger partial charge in [0, 0.05) is 13.1 Å². The van der Waals surface area contributed by atoms with Crippen molar-refractivity contribution in [3.8, 4) is 0 Å². The van der Waals surface area contributed by atoms with Crippen LogP contribution in [0, 0.1) is 0 Å². The highest BCUT2D eigenvalue weighted by atomic mass is 32.2. The lowest BCUT2D eigenvalue weighted by Crippen LogP contribution is -2.34. The van der Waals surface area contributed by atoms with Gasteiger partial charge in [-0.15, -0.1) is 0 Å². The molecule has 0 aliphatic carbocycles. The first kappa shape index (κ1) is 16.9. The minimum atomic E-state index is -3.00. The second-order valence-corrected chi connectivity index (χ2v) is 6.72. The van der Waals surface area contributed by atoms with E-state index in [1.807, 2.05) is 6.92 Å². The van der Waals surface area contributed by atoms with E-state index in [2.05, 4.69) is 13.8 Å². The second-order valence-electron chi connectivity index (χ2n) is 4.63. The van der Waals surface area contributed by atoms with Gasteiger partial charge < -0.3 is 0 Å². The smallest absolute Gasteiger partial charge is 0.212 e. The zero-order valence-corrected chi connectivity index (χ0v) is 12.6. The van der Waals surface area contributed by atoms with Crippen LogP contribution in [0.25, 0.3) is 0 Å². The number of hydrogen-bond acceptors (Lipinski definition) is 2. The molecule has 0 saturated heterocycles. The number of unbranched alkanes of at least 4 members (excludes halogenated alkanes) is 4. The Hall–Kier alpha value is -0.0900. The molecule has 0 aromatic carbocycles. The van der Waals surface area contributed by atoms with Gasteiger partial charge >= 0.3 is 0 Å². The highest BCUT2D eigenvalue weighted by Crippen LogP contribution is 2.09. The Morgan fingerprint density at radius 1 is 0.765 bits per heavy atom. The van der Waals surface area contributed by atoms with Gasteiger partial charge in [0.1, 0.15) is 0 Å². The average Bonchev–Trinajstić information content (AvgIpc) is 2.30. The van der Waals surface area contributed by atoms with E-state index in [0.29, 0.717) is 18.8 Å². The number of sulfonamides is 1. The molecule has 0 bridgehead atoms. The zero-order chi connectivity index (χ0) is 13.1. The van der Waals surface area contributed by atoms with Crippen molar-refractivity contribution in [2.75, 3.05) is 18.8 Å². The summed E-state index contributed by atoms with van der Waals surface area (Å²) in [4.78, 5) is 0. The topological polar surface area (TPSA) is 37.4 Å². The summed E-state index contributed by atoms with van der Waals surface area (Å²) in [6.45, 7) is 7.64. The van der Waals surface area contributed by atoms with E-state index in [-0.39, 0.29) is 0 Å². The van der Waals surface area contributed by atoms with Crippen molar-refractivity contribution in [3.05, 3.63) is 0 Å². The molecule has 0 N–H and O–H groups in total. The SMILES string of the molecule is CCCCCCS(=O)(=O)N(CCC)CCCC. The highest BCUT2D eigenvalue weighted by Gasteiger charge is 2.19. The molecule has 0 aliphatic heterocycles. The van der Waals surface area contributed by atoms with Crippen molar-refractivity contribution in [2.45, 2.75) is 65.7 Å². The maximum Gasteiger partial charge on any atom is 0.214 e. The molecular weight excluding hydrogens is 234 g/mol. The molecule has 0 spiro atoms. The maximum atomic E-state index is 12.1. The summed E-state index contributed by atoms with van der Waals surface area (Å²) < 4.78 is 25.9. The van der Waals surface area contributed by atoms with Gasteiger partial charge in [0.15, 0.2) is 0 Å². The van der Waals surface area contributed by atoms with Crippen LogP contribution < -0.4 is 0 Å². The molecule has 0 atom stereocenters. The Kier molecular flexibility index (Phi) is 9.84. The lowest BCUT2D eigenvalue weighted by molar-refractivity contribution is 0.401. The molecule has 0 radical (unpaired) electrons. The highest BCUT2D eigenvalue weighted by molar-refractivity contribution is 7.89.